The van der Waals surface area contributed by atoms with Crippen LogP contribution in [0.1, 0.15) is 42.2 Å². The largest absolute Gasteiger partial charge is 0.453 e. The molecule has 32 heavy (non-hydrogen) atoms. The van der Waals surface area contributed by atoms with Gasteiger partial charge in [-0.3, -0.25) is 9.59 Å². The average Bonchev–Trinajstić information content (AvgIpc) is 2.74. The van der Waals surface area contributed by atoms with E-state index in [2.05, 4.69) is 10.6 Å². The molecule has 10 heteroatoms. The molecule has 6 nitrogen and oxygen atoms in total. The van der Waals surface area contributed by atoms with Crippen LogP contribution in [0.25, 0.3) is 0 Å². The van der Waals surface area contributed by atoms with Crippen LogP contribution in [0.15, 0.2) is 30.3 Å². The van der Waals surface area contributed by atoms with Crippen molar-refractivity contribution in [3.05, 3.63) is 58.1 Å². The molecule has 2 rings (SSSR count). The molecule has 0 saturated carbocycles. The SMILES string of the molecule is CC[C@@H](N[C@H](C)CNC=O)c1ccc(Cl)c(Oc2ccc(F)c(C(=O)N(C)C)c2)c1F.Cl. The number of nitrogens with one attached hydrogen (secondary N) is 2. The lowest BCUT2D eigenvalue weighted by Crippen LogP contribution is -2.38. The van der Waals surface area contributed by atoms with E-state index in [-0.39, 0.29) is 46.6 Å². The predicted molar refractivity (Wildman–Crippen MR) is 123 cm³/mol. The molecule has 0 radical (unpaired) electrons. The van der Waals surface area contributed by atoms with E-state index in [1.54, 1.807) is 6.07 Å². The molecule has 0 saturated heterocycles. The van der Waals surface area contributed by atoms with Crippen molar-refractivity contribution in [2.45, 2.75) is 32.4 Å². The molecule has 0 spiro atoms. The van der Waals surface area contributed by atoms with Gasteiger partial charge in [0, 0.05) is 38.3 Å². The van der Waals surface area contributed by atoms with Crippen LogP contribution >= 0.6 is 24.0 Å². The number of hydrogen-bond donors (Lipinski definition) is 2. The van der Waals surface area contributed by atoms with Gasteiger partial charge in [0.15, 0.2) is 11.6 Å². The first-order valence-corrected chi connectivity index (χ1v) is 10.2. The number of nitrogens with zero attached hydrogens (tertiary/aromatic N) is 1. The Kier molecular flexibility index (Phi) is 10.9. The molecule has 0 aliphatic rings. The van der Waals surface area contributed by atoms with Gasteiger partial charge >= 0.3 is 0 Å². The Morgan fingerprint density at radius 3 is 2.53 bits per heavy atom. The maximum absolute atomic E-state index is 15.4. The summed E-state index contributed by atoms with van der Waals surface area (Å²) in [5.41, 5.74) is 0.145. The lowest BCUT2D eigenvalue weighted by Gasteiger charge is -2.24. The normalized spacial score (nSPS) is 12.3. The third kappa shape index (κ3) is 6.79. The summed E-state index contributed by atoms with van der Waals surface area (Å²) in [5.74, 6) is -2.05. The molecule has 0 fully saturated rings. The Morgan fingerprint density at radius 1 is 1.25 bits per heavy atom. The van der Waals surface area contributed by atoms with Crippen molar-refractivity contribution < 1.29 is 23.1 Å². The first kappa shape index (κ1) is 27.6. The maximum Gasteiger partial charge on any atom is 0.256 e. The second-order valence-corrected chi connectivity index (χ2v) is 7.68. The van der Waals surface area contributed by atoms with E-state index in [4.69, 9.17) is 16.3 Å². The van der Waals surface area contributed by atoms with E-state index in [1.165, 1.54) is 37.2 Å². The number of amides is 2. The van der Waals surface area contributed by atoms with Crippen LogP contribution in [-0.4, -0.2) is 43.9 Å². The highest BCUT2D eigenvalue weighted by atomic mass is 35.5. The highest BCUT2D eigenvalue weighted by Gasteiger charge is 2.22. The Bertz CT molecular complexity index is 945. The highest BCUT2D eigenvalue weighted by Crippen LogP contribution is 2.37. The van der Waals surface area contributed by atoms with Gasteiger partial charge in [-0.15, -0.1) is 12.4 Å². The molecule has 2 amide bonds. The van der Waals surface area contributed by atoms with Crippen LogP contribution in [0.4, 0.5) is 8.78 Å². The van der Waals surface area contributed by atoms with Crippen LogP contribution in [0.2, 0.25) is 5.02 Å². The minimum absolute atomic E-state index is 0. The van der Waals surface area contributed by atoms with Crippen molar-refractivity contribution in [3.63, 3.8) is 0 Å². The van der Waals surface area contributed by atoms with Gasteiger partial charge in [0.1, 0.15) is 11.6 Å². The zero-order valence-electron chi connectivity index (χ0n) is 18.2. The number of carbonyl (C=O) groups excluding carboxylic acids is 2. The first-order valence-electron chi connectivity index (χ1n) is 9.79. The summed E-state index contributed by atoms with van der Waals surface area (Å²) in [4.78, 5) is 23.9. The predicted octanol–water partition coefficient (Wildman–Crippen LogP) is 4.71. The molecule has 2 N–H and O–H groups in total. The lowest BCUT2D eigenvalue weighted by atomic mass is 10.0. The van der Waals surface area contributed by atoms with Gasteiger partial charge in [-0.25, -0.2) is 8.78 Å². The second kappa shape index (κ2) is 12.6. The van der Waals surface area contributed by atoms with Crippen molar-refractivity contribution >= 4 is 36.3 Å². The van der Waals surface area contributed by atoms with Gasteiger partial charge in [0.25, 0.3) is 5.91 Å². The first-order chi connectivity index (χ1) is 14.7. The Hall–Kier alpha value is -2.42. The van der Waals surface area contributed by atoms with E-state index >= 15 is 4.39 Å². The van der Waals surface area contributed by atoms with Gasteiger partial charge in [-0.2, -0.15) is 0 Å². The van der Waals surface area contributed by atoms with Gasteiger partial charge in [0.2, 0.25) is 6.41 Å². The Balaban J connectivity index is 0.00000512. The van der Waals surface area contributed by atoms with Crippen LogP contribution in [0.3, 0.4) is 0 Å². The fourth-order valence-electron chi connectivity index (χ4n) is 3.06. The van der Waals surface area contributed by atoms with Gasteiger partial charge < -0.3 is 20.3 Å². The molecule has 176 valence electrons. The van der Waals surface area contributed by atoms with Crippen LogP contribution in [-0.2, 0) is 4.79 Å². The smallest absolute Gasteiger partial charge is 0.256 e. The molecular weight excluding hydrogens is 463 g/mol. The second-order valence-electron chi connectivity index (χ2n) is 7.28. The average molecular weight is 490 g/mol. The molecule has 2 aromatic rings. The molecule has 2 aromatic carbocycles. The van der Waals surface area contributed by atoms with Gasteiger partial charge in [0.05, 0.1) is 10.6 Å². The highest BCUT2D eigenvalue weighted by molar-refractivity contribution is 6.32. The molecule has 0 aromatic heterocycles. The van der Waals surface area contributed by atoms with Crippen LogP contribution in [0.5, 0.6) is 11.5 Å². The summed E-state index contributed by atoms with van der Waals surface area (Å²) in [7, 11) is 3.00. The summed E-state index contributed by atoms with van der Waals surface area (Å²) >= 11 is 6.17. The molecule has 0 aliphatic carbocycles. The monoisotopic (exact) mass is 489 g/mol. The maximum atomic E-state index is 15.4. The number of rotatable bonds is 10. The summed E-state index contributed by atoms with van der Waals surface area (Å²) in [6, 6.07) is 6.21. The van der Waals surface area contributed by atoms with Crippen molar-refractivity contribution in [1.29, 1.82) is 0 Å². The molecule has 0 bridgehead atoms. The minimum atomic E-state index is -0.709. The van der Waals surface area contributed by atoms with E-state index < -0.39 is 17.5 Å². The van der Waals surface area contributed by atoms with Crippen molar-refractivity contribution in [2.24, 2.45) is 0 Å². The fourth-order valence-corrected chi connectivity index (χ4v) is 3.24. The zero-order chi connectivity index (χ0) is 23.1. The summed E-state index contributed by atoms with van der Waals surface area (Å²) in [6.07, 6.45) is 1.17. The quantitative estimate of drug-likeness (QED) is 0.474. The van der Waals surface area contributed by atoms with E-state index in [0.29, 0.717) is 24.9 Å². The fraction of sp³-hybridized carbons (Fsp3) is 0.364. The summed E-state index contributed by atoms with van der Waals surface area (Å²) < 4.78 is 35.1. The summed E-state index contributed by atoms with van der Waals surface area (Å²) in [6.45, 7) is 4.15. The van der Waals surface area contributed by atoms with Gasteiger partial charge in [-0.05, 0) is 37.6 Å². The van der Waals surface area contributed by atoms with Crippen molar-refractivity contribution in [2.75, 3.05) is 20.6 Å². The molecule has 0 unspecified atom stereocenters. The minimum Gasteiger partial charge on any atom is -0.453 e. The lowest BCUT2D eigenvalue weighted by molar-refractivity contribution is -0.109. The third-order valence-electron chi connectivity index (χ3n) is 4.65. The topological polar surface area (TPSA) is 70.7 Å². The molecule has 0 heterocycles. The number of ether oxygens (including phenoxy) is 1. The number of carbonyl (C=O) groups is 2. The number of hydrogen-bond acceptors (Lipinski definition) is 4. The van der Waals surface area contributed by atoms with Crippen molar-refractivity contribution in [3.8, 4) is 11.5 Å². The third-order valence-corrected chi connectivity index (χ3v) is 4.95. The van der Waals surface area contributed by atoms with Crippen LogP contribution < -0.4 is 15.4 Å². The van der Waals surface area contributed by atoms with Crippen LogP contribution in [0, 0.1) is 11.6 Å². The number of benzene rings is 2. The van der Waals surface area contributed by atoms with Crippen molar-refractivity contribution in [1.82, 2.24) is 15.5 Å². The zero-order valence-corrected chi connectivity index (χ0v) is 19.8. The van der Waals surface area contributed by atoms with E-state index in [1.807, 2.05) is 13.8 Å². The van der Waals surface area contributed by atoms with E-state index in [9.17, 15) is 14.0 Å². The molecular formula is C22H27Cl2F2N3O3. The van der Waals surface area contributed by atoms with E-state index in [0.717, 1.165) is 6.07 Å². The molecule has 2 atom stereocenters. The Labute approximate surface area is 197 Å². The summed E-state index contributed by atoms with van der Waals surface area (Å²) in [5, 5.41) is 5.87. The Morgan fingerprint density at radius 2 is 1.94 bits per heavy atom. The number of halogens is 4. The van der Waals surface area contributed by atoms with Gasteiger partial charge in [-0.1, -0.05) is 24.6 Å². The molecule has 0 aliphatic heterocycles. The standard InChI is InChI=1S/C22H26ClF2N3O3.ClH/c1-5-19(27-13(2)11-26-12-29)15-7-8-17(23)21(20(15)25)31-14-6-9-18(24)16(10-14)22(30)28(3)4;/h6-10,12-13,19,27H,5,11H2,1-4H3,(H,26,29);1H/t13-,19-;/m1./s1.